The van der Waals surface area contributed by atoms with E-state index in [2.05, 4.69) is 72.7 Å². The van der Waals surface area contributed by atoms with Crippen LogP contribution < -0.4 is 11.2 Å². The van der Waals surface area contributed by atoms with Crippen molar-refractivity contribution in [3.63, 3.8) is 0 Å². The zero-order chi connectivity index (χ0) is 35.5. The Hall–Kier alpha value is -2.59. The molecule has 0 spiro atoms. The summed E-state index contributed by atoms with van der Waals surface area (Å²) in [4.78, 5) is 54.9. The zero-order valence-corrected chi connectivity index (χ0v) is 32.1. The number of esters is 2. The fourth-order valence-corrected chi connectivity index (χ4v) is 10.5. The molecule has 1 aromatic rings. The van der Waals surface area contributed by atoms with Crippen molar-refractivity contribution in [3.8, 4) is 0 Å². The number of H-pyrrole nitrogens is 1. The molecular weight excluding hydrogens is 637 g/mol. The van der Waals surface area contributed by atoms with Gasteiger partial charge in [0.25, 0.3) is 5.56 Å². The molecule has 2 fully saturated rings. The summed E-state index contributed by atoms with van der Waals surface area (Å²) in [7, 11) is -5.28. The Labute approximate surface area is 279 Å². The smallest absolute Gasteiger partial charge is 0.335 e. The van der Waals surface area contributed by atoms with Gasteiger partial charge >= 0.3 is 17.6 Å². The summed E-state index contributed by atoms with van der Waals surface area (Å²) in [6.07, 6.45) is 2.00. The Morgan fingerprint density at radius 2 is 1.64 bits per heavy atom. The van der Waals surface area contributed by atoms with Crippen molar-refractivity contribution in [1.29, 1.82) is 0 Å². The van der Waals surface area contributed by atoms with Crippen molar-refractivity contribution in [2.45, 2.75) is 128 Å². The third-order valence-corrected chi connectivity index (χ3v) is 21.5. The van der Waals surface area contributed by atoms with Crippen LogP contribution in [0, 0.1) is 11.8 Å². The molecule has 262 valence electrons. The second kappa shape index (κ2) is 12.7. The number of fused-ring (bicyclic) bond motifs is 4. The van der Waals surface area contributed by atoms with Crippen LogP contribution in [-0.4, -0.2) is 73.6 Å². The van der Waals surface area contributed by atoms with Crippen molar-refractivity contribution in [2.24, 2.45) is 11.8 Å². The van der Waals surface area contributed by atoms with Gasteiger partial charge < -0.3 is 23.7 Å². The van der Waals surface area contributed by atoms with Crippen LogP contribution in [0.2, 0.25) is 36.3 Å². The maximum absolute atomic E-state index is 13.8. The Kier molecular flexibility index (Phi) is 10.1. The molecular formula is C34H54N2O9Si2. The van der Waals surface area contributed by atoms with E-state index in [1.54, 1.807) is 13.8 Å². The highest BCUT2D eigenvalue weighted by atomic mass is 28.4. The number of hydrogen-bond donors (Lipinski definition) is 2. The molecule has 2 N–H and O–H groups in total. The molecule has 1 aromatic heterocycles. The lowest BCUT2D eigenvalue weighted by molar-refractivity contribution is -0.143. The van der Waals surface area contributed by atoms with Gasteiger partial charge in [-0.2, -0.15) is 0 Å². The van der Waals surface area contributed by atoms with E-state index in [4.69, 9.17) is 18.6 Å². The number of aromatic nitrogens is 2. The van der Waals surface area contributed by atoms with Crippen molar-refractivity contribution in [1.82, 2.24) is 9.55 Å². The normalized spacial score (nSPS) is 27.2. The summed E-state index contributed by atoms with van der Waals surface area (Å²) in [5.74, 6) is -2.44. The summed E-state index contributed by atoms with van der Waals surface area (Å²) < 4.78 is 26.8. The average Bonchev–Trinajstić information content (AvgIpc) is 3.15. The summed E-state index contributed by atoms with van der Waals surface area (Å²) in [6, 6.07) is 1.27. The number of hydrogen-bond acceptors (Lipinski definition) is 9. The number of nitrogens with one attached hydrogen (secondary N) is 1. The van der Waals surface area contributed by atoms with E-state index in [1.807, 2.05) is 6.08 Å². The molecule has 0 amide bonds. The quantitative estimate of drug-likeness (QED) is 0.208. The number of aliphatic hydroxyl groups is 1. The lowest BCUT2D eigenvalue weighted by atomic mass is 9.63. The van der Waals surface area contributed by atoms with E-state index in [1.165, 1.54) is 16.8 Å². The Balaban J connectivity index is 2.09. The maximum Gasteiger partial charge on any atom is 0.335 e. The van der Waals surface area contributed by atoms with E-state index < -0.39 is 75.1 Å². The first-order valence-electron chi connectivity index (χ1n) is 16.7. The lowest BCUT2D eigenvalue weighted by Crippen LogP contribution is -2.69. The van der Waals surface area contributed by atoms with Gasteiger partial charge in [0.15, 0.2) is 8.32 Å². The van der Waals surface area contributed by atoms with Gasteiger partial charge in [-0.05, 0) is 55.4 Å². The number of aromatic amines is 1. The fourth-order valence-electron chi connectivity index (χ4n) is 6.84. The van der Waals surface area contributed by atoms with E-state index >= 15 is 0 Å². The van der Waals surface area contributed by atoms with Crippen LogP contribution in [0.15, 0.2) is 44.6 Å². The summed E-state index contributed by atoms with van der Waals surface area (Å²) >= 11 is 0. The number of carbonyl (C=O) groups excluding carboxylic acids is 2. The summed E-state index contributed by atoms with van der Waals surface area (Å²) in [6.45, 7) is 24.9. The van der Waals surface area contributed by atoms with Crippen molar-refractivity contribution < 1.29 is 33.3 Å². The predicted molar refractivity (Wildman–Crippen MR) is 184 cm³/mol. The van der Waals surface area contributed by atoms with Gasteiger partial charge in [-0.1, -0.05) is 60.7 Å². The molecule has 4 rings (SSSR count). The van der Waals surface area contributed by atoms with Crippen LogP contribution in [0.4, 0.5) is 0 Å². The van der Waals surface area contributed by atoms with Gasteiger partial charge in [0, 0.05) is 24.1 Å². The topological polar surface area (TPSA) is 146 Å². The first kappa shape index (κ1) is 37.2. The Bertz CT molecular complexity index is 1580. The number of rotatable bonds is 9. The largest absolute Gasteiger partial charge is 0.463 e. The molecule has 0 radical (unpaired) electrons. The third-order valence-electron chi connectivity index (χ3n) is 11.4. The SMILES string of the molecule is CCOC(=O)C1=C(C(=O)OCC)[C@H]2C[C@H]3[C@H](n4ccc(=O)[nH]c4=O)O[C@@](C(O)[Si](C)(C)C(C)(C)C)(C2=CC1)[C@H]3O[Si](C)(C)C(C)(C)C. The lowest BCUT2D eigenvalue weighted by Gasteiger charge is -2.56. The van der Waals surface area contributed by atoms with E-state index in [-0.39, 0.29) is 47.3 Å². The van der Waals surface area contributed by atoms with Gasteiger partial charge in [-0.3, -0.25) is 14.3 Å². The minimum absolute atomic E-state index is 0.0783. The van der Waals surface area contributed by atoms with Gasteiger partial charge in [-0.25, -0.2) is 14.4 Å². The molecule has 11 nitrogen and oxygen atoms in total. The van der Waals surface area contributed by atoms with Crippen molar-refractivity contribution >= 4 is 28.3 Å². The van der Waals surface area contributed by atoms with Gasteiger partial charge in [0.05, 0.1) is 44.3 Å². The highest BCUT2D eigenvalue weighted by Gasteiger charge is 2.71. The first-order valence-corrected chi connectivity index (χ1v) is 22.7. The maximum atomic E-state index is 13.8. The van der Waals surface area contributed by atoms with E-state index in [0.717, 1.165) is 0 Å². The van der Waals surface area contributed by atoms with E-state index in [9.17, 15) is 24.3 Å². The van der Waals surface area contributed by atoms with E-state index in [0.29, 0.717) is 5.57 Å². The number of carbonyl (C=O) groups is 2. The number of nitrogens with zero attached hydrogens (tertiary/aromatic N) is 1. The number of aliphatic hydroxyl groups excluding tert-OH is 1. The molecule has 1 saturated heterocycles. The van der Waals surface area contributed by atoms with Crippen LogP contribution in [0.25, 0.3) is 0 Å². The molecule has 6 atom stereocenters. The van der Waals surface area contributed by atoms with Crippen molar-refractivity contribution in [3.05, 3.63) is 55.9 Å². The van der Waals surface area contributed by atoms with Gasteiger partial charge in [0.1, 0.15) is 11.8 Å². The molecule has 0 aromatic carbocycles. The molecule has 2 heterocycles. The van der Waals surface area contributed by atoms with Crippen molar-refractivity contribution in [2.75, 3.05) is 13.2 Å². The standard InChI is InChI=1S/C34H54N2O9Si2/c1-13-42-28(38)20-15-16-23-21(25(20)29(39)43-14-2)19-22-26(45-47(11,12)33(6,7)8)34(23,30(40)46(9,10)32(3,4)5)44-27(22)36-18-17-24(37)35-31(36)41/h16-18,21-22,26-27,30,40H,13-15,19H2,1-12H3,(H,35,37,41)/t21-,22+,26-,27+,30?,34-/m0/s1. The molecule has 3 aliphatic rings. The zero-order valence-electron chi connectivity index (χ0n) is 30.1. The van der Waals surface area contributed by atoms with Crippen LogP contribution in [0.3, 0.4) is 0 Å². The first-order chi connectivity index (χ1) is 21.6. The highest BCUT2D eigenvalue weighted by molar-refractivity contribution is 6.81. The Morgan fingerprint density at radius 1 is 1.04 bits per heavy atom. The van der Waals surface area contributed by atoms with Crippen LogP contribution >= 0.6 is 0 Å². The summed E-state index contributed by atoms with van der Waals surface area (Å²) in [5, 5.41) is 12.4. The molecule has 1 saturated carbocycles. The molecule has 47 heavy (non-hydrogen) atoms. The highest BCUT2D eigenvalue weighted by Crippen LogP contribution is 2.63. The summed E-state index contributed by atoms with van der Waals surface area (Å²) in [5.41, 5.74) is -2.66. The number of ether oxygens (including phenoxy) is 3. The van der Waals surface area contributed by atoms with Gasteiger partial charge in [-0.15, -0.1) is 0 Å². The molecule has 1 aliphatic heterocycles. The molecule has 2 bridgehead atoms. The van der Waals surface area contributed by atoms with Crippen LogP contribution in [0.5, 0.6) is 0 Å². The van der Waals surface area contributed by atoms with Crippen LogP contribution in [-0.2, 0) is 28.2 Å². The monoisotopic (exact) mass is 690 g/mol. The predicted octanol–water partition coefficient (Wildman–Crippen LogP) is 4.99. The minimum atomic E-state index is -2.71. The van der Waals surface area contributed by atoms with Gasteiger partial charge in [0.2, 0.25) is 0 Å². The Morgan fingerprint density at radius 3 is 2.17 bits per heavy atom. The number of allylic oxidation sites excluding steroid dienone is 1. The fraction of sp³-hybridized carbons (Fsp3) is 0.706. The molecule has 13 heteroatoms. The third kappa shape index (κ3) is 6.22. The minimum Gasteiger partial charge on any atom is -0.463 e. The average molecular weight is 691 g/mol. The molecule has 2 aliphatic carbocycles. The second-order valence-electron chi connectivity index (χ2n) is 16.1. The second-order valence-corrected chi connectivity index (χ2v) is 26.4. The van der Waals surface area contributed by atoms with Crippen LogP contribution in [0.1, 0.15) is 74.5 Å². The molecule has 1 unspecified atom stereocenters.